The molecule has 3 heterocycles. The van der Waals surface area contributed by atoms with E-state index in [4.69, 9.17) is 0 Å². The van der Waals surface area contributed by atoms with E-state index in [1.165, 1.54) is 24.5 Å². The van der Waals surface area contributed by atoms with Crippen molar-refractivity contribution in [1.29, 1.82) is 0 Å². The molecule has 1 aromatic carbocycles. The fourth-order valence-electron chi connectivity index (χ4n) is 3.85. The smallest absolute Gasteiger partial charge is 0.250 e. The molecule has 2 aromatic rings. The fraction of sp³-hybridized carbons (Fsp3) is 0.421. The Bertz CT molecular complexity index is 861. The monoisotopic (exact) mass is 371 g/mol. The number of hydrogen-bond donors (Lipinski definition) is 3. The second-order valence-corrected chi connectivity index (χ2v) is 7.12. The van der Waals surface area contributed by atoms with Crippen molar-refractivity contribution in [3.05, 3.63) is 64.1 Å². The summed E-state index contributed by atoms with van der Waals surface area (Å²) >= 11 is 0. The number of H-pyrrole nitrogens is 1. The maximum absolute atomic E-state index is 13.1. The number of benzene rings is 1. The zero-order valence-corrected chi connectivity index (χ0v) is 14.8. The number of hydrogen-bond acceptors (Lipinski definition) is 5. The summed E-state index contributed by atoms with van der Waals surface area (Å²) in [5.74, 6) is 0.0116. The van der Waals surface area contributed by atoms with E-state index in [9.17, 15) is 14.0 Å². The number of nitrogens with zero attached hydrogens (tertiary/aromatic N) is 2. The lowest BCUT2D eigenvalue weighted by molar-refractivity contribution is -0.134. The highest BCUT2D eigenvalue weighted by atomic mass is 19.1. The molecule has 2 aliphatic rings. The number of hydrazine groups is 1. The molecule has 1 aromatic heterocycles. The number of likely N-dealkylation sites (tertiary alicyclic amines) is 1. The van der Waals surface area contributed by atoms with Crippen LogP contribution in [0.15, 0.2) is 41.5 Å². The molecule has 1 amide bonds. The number of rotatable bonds is 3. The number of piperidine rings is 1. The standard InChI is InChI=1S/C19H22FN5O2/c20-14-3-1-12(2-4-14)16-9-17(24-23-16)19(27)25-7-5-13(6-8-25)15-10-18(26)22-11-21-15/h1-4,10-11,13,16-17,23-24H,5-9H2,(H,21,22,26). The summed E-state index contributed by atoms with van der Waals surface area (Å²) in [7, 11) is 0. The predicted molar refractivity (Wildman–Crippen MR) is 97.2 cm³/mol. The van der Waals surface area contributed by atoms with E-state index in [-0.39, 0.29) is 35.3 Å². The first-order chi connectivity index (χ1) is 13.1. The summed E-state index contributed by atoms with van der Waals surface area (Å²) < 4.78 is 13.1. The highest BCUT2D eigenvalue weighted by Gasteiger charge is 2.34. The van der Waals surface area contributed by atoms with Crippen LogP contribution in [0.4, 0.5) is 4.39 Å². The van der Waals surface area contributed by atoms with Gasteiger partial charge in [0, 0.05) is 31.1 Å². The van der Waals surface area contributed by atoms with Gasteiger partial charge in [-0.2, -0.15) is 0 Å². The maximum atomic E-state index is 13.1. The van der Waals surface area contributed by atoms with Gasteiger partial charge in [-0.05, 0) is 37.0 Å². The number of carbonyl (C=O) groups excluding carboxylic acids is 1. The number of nitrogens with one attached hydrogen (secondary N) is 3. The molecule has 142 valence electrons. The Labute approximate surface area is 156 Å². The van der Waals surface area contributed by atoms with E-state index < -0.39 is 0 Å². The van der Waals surface area contributed by atoms with Crippen LogP contribution in [-0.4, -0.2) is 39.9 Å². The molecular formula is C19H22FN5O2. The van der Waals surface area contributed by atoms with Crippen LogP contribution in [0.25, 0.3) is 0 Å². The van der Waals surface area contributed by atoms with Gasteiger partial charge in [0.1, 0.15) is 11.9 Å². The van der Waals surface area contributed by atoms with Gasteiger partial charge in [0.05, 0.1) is 12.0 Å². The fourth-order valence-corrected chi connectivity index (χ4v) is 3.85. The van der Waals surface area contributed by atoms with Gasteiger partial charge in [0.15, 0.2) is 0 Å². The lowest BCUT2D eigenvalue weighted by Gasteiger charge is -2.33. The lowest BCUT2D eigenvalue weighted by atomic mass is 9.92. The summed E-state index contributed by atoms with van der Waals surface area (Å²) in [6.45, 7) is 1.30. The number of carbonyl (C=O) groups is 1. The van der Waals surface area contributed by atoms with Crippen molar-refractivity contribution in [2.75, 3.05) is 13.1 Å². The van der Waals surface area contributed by atoms with Crippen molar-refractivity contribution in [3.8, 4) is 0 Å². The van der Waals surface area contributed by atoms with Gasteiger partial charge in [0.2, 0.25) is 5.91 Å². The maximum Gasteiger partial charge on any atom is 0.250 e. The molecule has 2 fully saturated rings. The zero-order valence-electron chi connectivity index (χ0n) is 14.8. The van der Waals surface area contributed by atoms with Gasteiger partial charge in [0.25, 0.3) is 5.56 Å². The molecule has 7 nitrogen and oxygen atoms in total. The highest BCUT2D eigenvalue weighted by molar-refractivity contribution is 5.82. The molecule has 0 saturated carbocycles. The van der Waals surface area contributed by atoms with Gasteiger partial charge in [-0.25, -0.2) is 20.2 Å². The largest absolute Gasteiger partial charge is 0.341 e. The molecule has 2 saturated heterocycles. The van der Waals surface area contributed by atoms with Crippen molar-refractivity contribution < 1.29 is 9.18 Å². The topological polar surface area (TPSA) is 90.1 Å². The molecule has 0 aliphatic carbocycles. The van der Waals surface area contributed by atoms with Gasteiger partial charge in [-0.3, -0.25) is 9.59 Å². The van der Waals surface area contributed by atoms with Gasteiger partial charge < -0.3 is 9.88 Å². The third kappa shape index (κ3) is 3.91. The van der Waals surface area contributed by atoms with Crippen molar-refractivity contribution in [2.24, 2.45) is 0 Å². The molecule has 8 heteroatoms. The van der Waals surface area contributed by atoms with Crippen molar-refractivity contribution >= 4 is 5.91 Å². The molecule has 27 heavy (non-hydrogen) atoms. The highest BCUT2D eigenvalue weighted by Crippen LogP contribution is 2.28. The first kappa shape index (κ1) is 17.8. The number of amides is 1. The Morgan fingerprint density at radius 3 is 2.59 bits per heavy atom. The summed E-state index contributed by atoms with van der Waals surface area (Å²) in [6.07, 6.45) is 3.65. The Balaban J connectivity index is 1.33. The van der Waals surface area contributed by atoms with Crippen LogP contribution in [0.2, 0.25) is 0 Å². The van der Waals surface area contributed by atoms with Crippen LogP contribution in [0.3, 0.4) is 0 Å². The van der Waals surface area contributed by atoms with Crippen LogP contribution < -0.4 is 16.4 Å². The second kappa shape index (κ2) is 7.58. The quantitative estimate of drug-likeness (QED) is 0.755. The minimum absolute atomic E-state index is 0.0164. The van der Waals surface area contributed by atoms with E-state index in [2.05, 4.69) is 20.8 Å². The summed E-state index contributed by atoms with van der Waals surface area (Å²) in [5, 5.41) is 0. The van der Waals surface area contributed by atoms with Crippen LogP contribution in [0.1, 0.15) is 42.5 Å². The second-order valence-electron chi connectivity index (χ2n) is 7.12. The SMILES string of the molecule is O=C(C1CC(c2ccc(F)cc2)NN1)N1CCC(c2cc(=O)[nH]cn2)CC1. The predicted octanol–water partition coefficient (Wildman–Crippen LogP) is 1.22. The van der Waals surface area contributed by atoms with Crippen LogP contribution in [0.5, 0.6) is 0 Å². The number of halogens is 1. The third-order valence-electron chi connectivity index (χ3n) is 5.40. The Kier molecular flexibility index (Phi) is 5.00. The Morgan fingerprint density at radius 2 is 1.89 bits per heavy atom. The van der Waals surface area contributed by atoms with E-state index >= 15 is 0 Å². The molecule has 0 spiro atoms. The molecule has 2 aliphatic heterocycles. The first-order valence-corrected chi connectivity index (χ1v) is 9.20. The number of aromatic nitrogens is 2. The minimum atomic E-state index is -0.297. The summed E-state index contributed by atoms with van der Waals surface area (Å²) in [6, 6.07) is 7.56. The average Bonchev–Trinajstić information content (AvgIpc) is 3.18. The van der Waals surface area contributed by atoms with Crippen LogP contribution in [0, 0.1) is 5.82 Å². The van der Waals surface area contributed by atoms with Crippen molar-refractivity contribution in [2.45, 2.75) is 37.3 Å². The molecule has 2 unspecified atom stereocenters. The molecule has 0 bridgehead atoms. The van der Waals surface area contributed by atoms with E-state index in [1.54, 1.807) is 12.1 Å². The molecule has 0 radical (unpaired) electrons. The molecule has 3 N–H and O–H groups in total. The van der Waals surface area contributed by atoms with Crippen molar-refractivity contribution in [1.82, 2.24) is 25.7 Å². The average molecular weight is 371 g/mol. The first-order valence-electron chi connectivity index (χ1n) is 9.20. The zero-order chi connectivity index (χ0) is 18.8. The van der Waals surface area contributed by atoms with E-state index in [0.29, 0.717) is 19.5 Å². The molecule has 4 rings (SSSR count). The molecule has 2 atom stereocenters. The Morgan fingerprint density at radius 1 is 1.15 bits per heavy atom. The van der Waals surface area contributed by atoms with E-state index in [1.807, 2.05) is 4.90 Å². The van der Waals surface area contributed by atoms with Crippen LogP contribution in [-0.2, 0) is 4.79 Å². The van der Waals surface area contributed by atoms with E-state index in [0.717, 1.165) is 24.1 Å². The van der Waals surface area contributed by atoms with Gasteiger partial charge >= 0.3 is 0 Å². The van der Waals surface area contributed by atoms with Gasteiger partial charge in [-0.1, -0.05) is 12.1 Å². The lowest BCUT2D eigenvalue weighted by Crippen LogP contribution is -2.48. The minimum Gasteiger partial charge on any atom is -0.341 e. The normalized spacial score (nSPS) is 23.5. The number of aromatic amines is 1. The molecular weight excluding hydrogens is 349 g/mol. The van der Waals surface area contributed by atoms with Crippen LogP contribution >= 0.6 is 0 Å². The third-order valence-corrected chi connectivity index (χ3v) is 5.40. The summed E-state index contributed by atoms with van der Waals surface area (Å²) in [4.78, 5) is 32.9. The van der Waals surface area contributed by atoms with Crippen molar-refractivity contribution in [3.63, 3.8) is 0 Å². The van der Waals surface area contributed by atoms with Gasteiger partial charge in [-0.15, -0.1) is 0 Å². The summed E-state index contributed by atoms with van der Waals surface area (Å²) in [5.41, 5.74) is 7.81. The Hall–Kier alpha value is -2.58.